The fraction of sp³-hybridized carbons (Fsp3) is 0.269. The van der Waals surface area contributed by atoms with Gasteiger partial charge in [0.15, 0.2) is 0 Å². The van der Waals surface area contributed by atoms with Gasteiger partial charge in [-0.25, -0.2) is 4.98 Å². The van der Waals surface area contributed by atoms with E-state index in [-0.39, 0.29) is 4.59 Å². The summed E-state index contributed by atoms with van der Waals surface area (Å²) in [5.41, 5.74) is 5.02. The minimum absolute atomic E-state index is 0.0732. The number of allylic oxidation sites excluding steroid dienone is 2. The number of hydrogen-bond acceptors (Lipinski definition) is 6. The molecule has 2 N–H and O–H groups in total. The van der Waals surface area contributed by atoms with E-state index in [9.17, 15) is 0 Å². The first kappa shape index (κ1) is 20.6. The first-order valence-electron chi connectivity index (χ1n) is 11.3. The monoisotopic (exact) mass is 455 g/mol. The Morgan fingerprint density at radius 2 is 2.00 bits per heavy atom. The van der Waals surface area contributed by atoms with Gasteiger partial charge in [0.25, 0.3) is 5.84 Å². The highest BCUT2D eigenvalue weighted by atomic mass is 32.1. The summed E-state index contributed by atoms with van der Waals surface area (Å²) in [5.74, 6) is 8.95. The summed E-state index contributed by atoms with van der Waals surface area (Å²) >= 11 is 1.70. The molecule has 1 aliphatic carbocycles. The van der Waals surface area contributed by atoms with Crippen molar-refractivity contribution in [3.05, 3.63) is 77.2 Å². The van der Waals surface area contributed by atoms with E-state index in [1.165, 1.54) is 4.88 Å². The number of amidine groups is 1. The van der Waals surface area contributed by atoms with E-state index in [0.717, 1.165) is 58.8 Å². The quantitative estimate of drug-likeness (QED) is 0.445. The highest BCUT2D eigenvalue weighted by Gasteiger charge is 2.48. The van der Waals surface area contributed by atoms with Crippen molar-refractivity contribution in [2.45, 2.75) is 12.8 Å². The van der Waals surface area contributed by atoms with E-state index in [1.54, 1.807) is 17.5 Å². The molecule has 4 heterocycles. The molecule has 2 aromatic heterocycles. The fourth-order valence-corrected chi connectivity index (χ4v) is 5.84. The number of hydrogen-bond donors (Lipinski definition) is 1. The zero-order valence-corrected chi connectivity index (χ0v) is 19.7. The molecule has 1 atom stereocenters. The van der Waals surface area contributed by atoms with Crippen molar-refractivity contribution in [3.63, 3.8) is 0 Å². The van der Waals surface area contributed by atoms with E-state index in [0.29, 0.717) is 11.8 Å². The van der Waals surface area contributed by atoms with Crippen LogP contribution in [0, 0.1) is 11.8 Å². The van der Waals surface area contributed by atoms with Crippen LogP contribution in [-0.2, 0) is 0 Å². The van der Waals surface area contributed by atoms with E-state index in [4.69, 9.17) is 15.8 Å². The van der Waals surface area contributed by atoms with E-state index >= 15 is 0 Å². The maximum atomic E-state index is 6.96. The van der Waals surface area contributed by atoms with Crippen molar-refractivity contribution in [1.82, 2.24) is 9.88 Å². The minimum atomic E-state index is 0.0732. The average Bonchev–Trinajstić information content (AvgIpc) is 3.41. The highest BCUT2D eigenvalue weighted by molar-refractivity contribution is 7.13. The lowest BCUT2D eigenvalue weighted by molar-refractivity contribution is -0.750. The van der Waals surface area contributed by atoms with Crippen molar-refractivity contribution in [2.24, 2.45) is 27.7 Å². The molecule has 3 aromatic rings. The standard InChI is InChI=1S/C26H27N6S/c1-31(2)16-17-12-20(13-17)25-23-15-28-9-10-32(23,27)26(30-25)19-6-5-18-7-8-21(29-22(18)14-19)24-4-3-11-33-24/h3-11,14-15,17,20H,12-13,16,27H2,1-2H3/q+1. The molecule has 1 aromatic carbocycles. The molecule has 166 valence electrons. The molecule has 2 aliphatic heterocycles. The van der Waals surface area contributed by atoms with Crippen LogP contribution in [0.1, 0.15) is 18.4 Å². The van der Waals surface area contributed by atoms with E-state index in [2.05, 4.69) is 71.8 Å². The molecule has 0 amide bonds. The second-order valence-electron chi connectivity index (χ2n) is 9.44. The first-order valence-corrected chi connectivity index (χ1v) is 12.2. The molecule has 3 aliphatic rings. The molecule has 7 heteroatoms. The zero-order valence-electron chi connectivity index (χ0n) is 18.8. The summed E-state index contributed by atoms with van der Waals surface area (Å²) in [6.45, 7) is 1.12. The van der Waals surface area contributed by atoms with Crippen LogP contribution in [-0.4, -0.2) is 47.2 Å². The van der Waals surface area contributed by atoms with Crippen LogP contribution in [0.4, 0.5) is 0 Å². The Bertz CT molecular complexity index is 1340. The van der Waals surface area contributed by atoms with Gasteiger partial charge >= 0.3 is 0 Å². The second-order valence-corrected chi connectivity index (χ2v) is 10.4. The number of aliphatic imine (C=N–C) groups is 2. The summed E-state index contributed by atoms with van der Waals surface area (Å²) in [7, 11) is 4.28. The topological polar surface area (TPSA) is 66.9 Å². The third kappa shape index (κ3) is 3.48. The Balaban J connectivity index is 1.37. The Morgan fingerprint density at radius 1 is 1.15 bits per heavy atom. The van der Waals surface area contributed by atoms with Crippen LogP contribution < -0.4 is 5.84 Å². The molecule has 0 spiro atoms. The third-order valence-electron chi connectivity index (χ3n) is 6.79. The SMILES string of the molecule is CN(C)CC1CC(C2=C3C=NC=C[N+]3(N)C(c3ccc4ccc(-c5cccs5)nc4c3)=N2)C1. The van der Waals surface area contributed by atoms with Gasteiger partial charge in [-0.3, -0.25) is 4.99 Å². The van der Waals surface area contributed by atoms with Crippen molar-refractivity contribution >= 4 is 34.3 Å². The molecule has 1 saturated carbocycles. The fourth-order valence-electron chi connectivity index (χ4n) is 5.15. The number of thiophene rings is 1. The van der Waals surface area contributed by atoms with Gasteiger partial charge < -0.3 is 4.90 Å². The van der Waals surface area contributed by atoms with Crippen molar-refractivity contribution < 1.29 is 4.59 Å². The maximum Gasteiger partial charge on any atom is 0.264 e. The zero-order chi connectivity index (χ0) is 22.6. The Kier molecular flexibility index (Phi) is 4.88. The van der Waals surface area contributed by atoms with Crippen molar-refractivity contribution in [1.29, 1.82) is 0 Å². The number of nitrogens with zero attached hydrogens (tertiary/aromatic N) is 5. The van der Waals surface area contributed by atoms with Crippen LogP contribution in [0.25, 0.3) is 21.5 Å². The summed E-state index contributed by atoms with van der Waals surface area (Å²) in [6.07, 6.45) is 7.88. The lowest BCUT2D eigenvalue weighted by atomic mass is 9.72. The van der Waals surface area contributed by atoms with Crippen LogP contribution in [0.3, 0.4) is 0 Å². The lowest BCUT2D eigenvalue weighted by Gasteiger charge is -2.36. The van der Waals surface area contributed by atoms with Crippen molar-refractivity contribution in [2.75, 3.05) is 20.6 Å². The molecular formula is C26H27N6S+. The number of pyridine rings is 1. The van der Waals surface area contributed by atoms with Gasteiger partial charge in [-0.1, -0.05) is 18.2 Å². The molecule has 6 nitrogen and oxygen atoms in total. The van der Waals surface area contributed by atoms with Gasteiger partial charge in [-0.15, -0.1) is 15.9 Å². The predicted molar refractivity (Wildman–Crippen MR) is 135 cm³/mol. The van der Waals surface area contributed by atoms with Crippen molar-refractivity contribution in [3.8, 4) is 10.6 Å². The number of quaternary nitrogens is 1. The van der Waals surface area contributed by atoms with Crippen LogP contribution in [0.15, 0.2) is 81.6 Å². The summed E-state index contributed by atoms with van der Waals surface area (Å²) in [6, 6.07) is 14.7. The van der Waals surface area contributed by atoms with Crippen LogP contribution in [0.5, 0.6) is 0 Å². The molecule has 1 unspecified atom stereocenters. The Morgan fingerprint density at radius 3 is 2.79 bits per heavy atom. The molecule has 0 bridgehead atoms. The highest BCUT2D eigenvalue weighted by Crippen LogP contribution is 2.45. The lowest BCUT2D eigenvalue weighted by Crippen LogP contribution is -2.53. The van der Waals surface area contributed by atoms with Gasteiger partial charge in [-0.05, 0) is 62.5 Å². The summed E-state index contributed by atoms with van der Waals surface area (Å²) in [5, 5.41) is 3.19. The molecule has 33 heavy (non-hydrogen) atoms. The number of benzene rings is 1. The number of fused-ring (bicyclic) bond motifs is 2. The number of aromatic nitrogens is 1. The van der Waals surface area contributed by atoms with Crippen LogP contribution in [0.2, 0.25) is 0 Å². The molecule has 1 fully saturated rings. The molecule has 0 radical (unpaired) electrons. The van der Waals surface area contributed by atoms with Gasteiger partial charge in [0, 0.05) is 17.8 Å². The van der Waals surface area contributed by atoms with Gasteiger partial charge in [0.2, 0.25) is 5.70 Å². The normalized spacial score (nSPS) is 26.1. The minimum Gasteiger partial charge on any atom is -0.309 e. The van der Waals surface area contributed by atoms with Gasteiger partial charge in [0.05, 0.1) is 34.1 Å². The van der Waals surface area contributed by atoms with E-state index in [1.807, 2.05) is 12.4 Å². The van der Waals surface area contributed by atoms with Gasteiger partial charge in [0.1, 0.15) is 11.9 Å². The Hall–Kier alpha value is -2.97. The smallest absolute Gasteiger partial charge is 0.264 e. The van der Waals surface area contributed by atoms with Crippen LogP contribution >= 0.6 is 11.3 Å². The largest absolute Gasteiger partial charge is 0.309 e. The summed E-state index contributed by atoms with van der Waals surface area (Å²) in [4.78, 5) is 17.9. The predicted octanol–water partition coefficient (Wildman–Crippen LogP) is 4.77. The first-order chi connectivity index (χ1) is 16.0. The number of rotatable bonds is 5. The molecule has 6 rings (SSSR count). The summed E-state index contributed by atoms with van der Waals surface area (Å²) < 4.78 is 0.0732. The number of nitrogens with two attached hydrogens (primary N) is 1. The average molecular weight is 456 g/mol. The van der Waals surface area contributed by atoms with E-state index < -0.39 is 0 Å². The van der Waals surface area contributed by atoms with Gasteiger partial charge in [-0.2, -0.15) is 10.8 Å². The molecule has 0 saturated heterocycles. The molecular weight excluding hydrogens is 428 g/mol. The Labute approximate surface area is 197 Å². The third-order valence-corrected chi connectivity index (χ3v) is 7.68. The maximum absolute atomic E-state index is 6.96. The second kappa shape index (κ2) is 7.81.